The van der Waals surface area contributed by atoms with Gasteiger partial charge < -0.3 is 29.5 Å². The zero-order chi connectivity index (χ0) is 36.6. The first-order valence-corrected chi connectivity index (χ1v) is 19.3. The minimum Gasteiger partial charge on any atom is -0.462 e. The Balaban J connectivity index is 4.27. The van der Waals surface area contributed by atoms with E-state index in [9.17, 15) is 24.4 Å². The first-order chi connectivity index (χ1) is 23.4. The topological polar surface area (TPSA) is 160 Å². The molecule has 0 aromatic heterocycles. The van der Waals surface area contributed by atoms with Crippen LogP contribution < -0.4 is 0 Å². The molecule has 0 spiro atoms. The van der Waals surface area contributed by atoms with E-state index in [2.05, 4.69) is 18.4 Å². The van der Waals surface area contributed by atoms with Crippen molar-refractivity contribution >= 4 is 19.8 Å². The minimum absolute atomic E-state index is 0.0821. The molecular formula is C38H63O10P. The fourth-order valence-electron chi connectivity index (χ4n) is 4.40. The zero-order valence-corrected chi connectivity index (χ0v) is 30.8. The standard InChI is InChI=1S/C38H63O10P/c1-4-5-17-25-34(39)27-20-15-16-21-28-35(40)26-19-12-9-10-13-22-29-37(41)46-31-36(32-47-49(43,44)45)48-38(42)30-23-14-8-6-7-11-18-24-33(2)3/h5,10,12-13,15-17,19-21,27-28,33-36,39-40H,4,6-9,11,14,18,22-26,29-32H2,1-3H3,(H2,43,44,45)/b13-10-,16-15-,17-5-,19-12-,27-20+,28-21+/t34-,35+,36-/m1/s1. The molecule has 0 saturated heterocycles. The number of allylic oxidation sites excluding steroid dienone is 8. The molecule has 0 aliphatic rings. The van der Waals surface area contributed by atoms with Crippen molar-refractivity contribution in [1.82, 2.24) is 0 Å². The van der Waals surface area contributed by atoms with E-state index in [1.165, 1.54) is 25.7 Å². The van der Waals surface area contributed by atoms with E-state index >= 15 is 0 Å². The predicted molar refractivity (Wildman–Crippen MR) is 195 cm³/mol. The fourth-order valence-corrected chi connectivity index (χ4v) is 4.76. The largest absolute Gasteiger partial charge is 0.469 e. The number of esters is 2. The van der Waals surface area contributed by atoms with E-state index in [4.69, 9.17) is 19.3 Å². The highest BCUT2D eigenvalue weighted by Crippen LogP contribution is 2.35. The molecule has 0 aromatic rings. The molecule has 4 N–H and O–H groups in total. The Labute approximate surface area is 294 Å². The van der Waals surface area contributed by atoms with Gasteiger partial charge in [0.05, 0.1) is 18.8 Å². The van der Waals surface area contributed by atoms with Crippen molar-refractivity contribution < 1.29 is 48.2 Å². The first-order valence-electron chi connectivity index (χ1n) is 17.8. The summed E-state index contributed by atoms with van der Waals surface area (Å²) in [6.45, 7) is 5.55. The van der Waals surface area contributed by atoms with Crippen molar-refractivity contribution in [3.8, 4) is 0 Å². The summed E-state index contributed by atoms with van der Waals surface area (Å²) in [5.74, 6) is -0.331. The molecule has 0 amide bonds. The van der Waals surface area contributed by atoms with Gasteiger partial charge in [-0.1, -0.05) is 139 Å². The Morgan fingerprint density at radius 1 is 0.694 bits per heavy atom. The lowest BCUT2D eigenvalue weighted by Gasteiger charge is -2.18. The molecule has 0 heterocycles. The quantitative estimate of drug-likeness (QED) is 0.0188. The molecule has 10 nitrogen and oxygen atoms in total. The van der Waals surface area contributed by atoms with Crippen LogP contribution in [0.2, 0.25) is 0 Å². The maximum Gasteiger partial charge on any atom is 0.469 e. The van der Waals surface area contributed by atoms with Gasteiger partial charge in [0.15, 0.2) is 6.10 Å². The molecule has 0 aliphatic carbocycles. The molecule has 0 saturated carbocycles. The number of phosphoric ester groups is 1. The molecule has 0 fully saturated rings. The molecule has 0 bridgehead atoms. The average molecular weight is 711 g/mol. The fraction of sp³-hybridized carbons (Fsp3) is 0.632. The number of carbonyl (C=O) groups excluding carboxylic acids is 2. The van der Waals surface area contributed by atoms with Crippen LogP contribution in [0.1, 0.15) is 117 Å². The van der Waals surface area contributed by atoms with E-state index in [0.29, 0.717) is 32.1 Å². The first kappa shape index (κ1) is 46.4. The number of ether oxygens (including phenoxy) is 2. The number of hydrogen-bond acceptors (Lipinski definition) is 8. The summed E-state index contributed by atoms with van der Waals surface area (Å²) in [6.07, 6.45) is 31.6. The normalized spacial score (nSPS) is 14.8. The lowest BCUT2D eigenvalue weighted by molar-refractivity contribution is -0.161. The van der Waals surface area contributed by atoms with Gasteiger partial charge in [-0.05, 0) is 44.4 Å². The van der Waals surface area contributed by atoms with E-state index < -0.39 is 44.7 Å². The Morgan fingerprint density at radius 2 is 1.27 bits per heavy atom. The van der Waals surface area contributed by atoms with Gasteiger partial charge >= 0.3 is 19.8 Å². The third-order valence-electron chi connectivity index (χ3n) is 7.10. The van der Waals surface area contributed by atoms with E-state index in [1.54, 1.807) is 36.5 Å². The average Bonchev–Trinajstić information content (AvgIpc) is 3.03. The number of aliphatic hydroxyl groups excluding tert-OH is 2. The van der Waals surface area contributed by atoms with Crippen LogP contribution >= 0.6 is 7.82 Å². The lowest BCUT2D eigenvalue weighted by atomic mass is 10.0. The van der Waals surface area contributed by atoms with Crippen molar-refractivity contribution in [2.24, 2.45) is 5.92 Å². The van der Waals surface area contributed by atoms with E-state index in [1.807, 2.05) is 43.4 Å². The van der Waals surface area contributed by atoms with Crippen LogP contribution in [-0.4, -0.2) is 63.5 Å². The Bertz CT molecular complexity index is 1070. The maximum absolute atomic E-state index is 12.3. The minimum atomic E-state index is -4.79. The molecule has 11 heteroatoms. The molecule has 3 atom stereocenters. The number of hydrogen-bond donors (Lipinski definition) is 4. The van der Waals surface area contributed by atoms with Crippen LogP contribution in [0.3, 0.4) is 0 Å². The maximum atomic E-state index is 12.3. The van der Waals surface area contributed by atoms with Gasteiger partial charge in [0.1, 0.15) is 6.61 Å². The van der Waals surface area contributed by atoms with Crippen molar-refractivity contribution in [1.29, 1.82) is 0 Å². The van der Waals surface area contributed by atoms with E-state index in [0.717, 1.165) is 31.6 Å². The summed E-state index contributed by atoms with van der Waals surface area (Å²) in [7, 11) is -4.79. The summed E-state index contributed by atoms with van der Waals surface area (Å²) >= 11 is 0. The molecular weight excluding hydrogens is 647 g/mol. The van der Waals surface area contributed by atoms with Crippen molar-refractivity contribution in [3.05, 3.63) is 72.9 Å². The smallest absolute Gasteiger partial charge is 0.462 e. The highest BCUT2D eigenvalue weighted by atomic mass is 31.2. The SMILES string of the molecule is CC/C=C\C[C@@H](O)/C=C/C=C\C=C\[C@@H](O)C/C=C\C/C=C\CCC(=O)OC[C@H](COP(=O)(O)O)OC(=O)CCCCCCCCCC(C)C. The van der Waals surface area contributed by atoms with Crippen molar-refractivity contribution in [3.63, 3.8) is 0 Å². The Hall–Kier alpha value is -2.59. The van der Waals surface area contributed by atoms with Crippen molar-refractivity contribution in [2.75, 3.05) is 13.2 Å². The Kier molecular flexibility index (Phi) is 29.7. The third-order valence-corrected chi connectivity index (χ3v) is 7.58. The molecule has 0 rings (SSSR count). The highest BCUT2D eigenvalue weighted by molar-refractivity contribution is 7.46. The van der Waals surface area contributed by atoms with Crippen LogP contribution in [0.25, 0.3) is 0 Å². The second-order valence-electron chi connectivity index (χ2n) is 12.3. The molecule has 0 unspecified atom stereocenters. The van der Waals surface area contributed by atoms with Crippen LogP contribution in [0.15, 0.2) is 72.9 Å². The van der Waals surface area contributed by atoms with Gasteiger partial charge in [0, 0.05) is 12.8 Å². The summed E-state index contributed by atoms with van der Waals surface area (Å²) in [4.78, 5) is 42.5. The number of phosphoric acid groups is 1. The molecule has 49 heavy (non-hydrogen) atoms. The summed E-state index contributed by atoms with van der Waals surface area (Å²) in [5, 5.41) is 19.8. The number of rotatable bonds is 30. The highest BCUT2D eigenvalue weighted by Gasteiger charge is 2.22. The predicted octanol–water partition coefficient (Wildman–Crippen LogP) is 8.14. The summed E-state index contributed by atoms with van der Waals surface area (Å²) in [6, 6.07) is 0. The van der Waals surface area contributed by atoms with E-state index in [-0.39, 0.29) is 19.4 Å². The van der Waals surface area contributed by atoms with Crippen LogP contribution in [-0.2, 0) is 28.2 Å². The molecule has 0 aromatic carbocycles. The van der Waals surface area contributed by atoms with Gasteiger partial charge in [-0.25, -0.2) is 4.57 Å². The second kappa shape index (κ2) is 31.4. The third kappa shape index (κ3) is 35.1. The van der Waals surface area contributed by atoms with Crippen LogP contribution in [0.4, 0.5) is 0 Å². The number of unbranched alkanes of at least 4 members (excludes halogenated alkanes) is 6. The monoisotopic (exact) mass is 710 g/mol. The van der Waals surface area contributed by atoms with Crippen LogP contribution in [0, 0.1) is 5.92 Å². The number of carbonyl (C=O) groups is 2. The Morgan fingerprint density at radius 3 is 1.86 bits per heavy atom. The molecule has 280 valence electrons. The van der Waals surface area contributed by atoms with Crippen LogP contribution in [0.5, 0.6) is 0 Å². The molecule has 0 aliphatic heterocycles. The van der Waals surface area contributed by atoms with Gasteiger partial charge in [0.2, 0.25) is 0 Å². The van der Waals surface area contributed by atoms with Gasteiger partial charge in [-0.3, -0.25) is 14.1 Å². The lowest BCUT2D eigenvalue weighted by Crippen LogP contribution is -2.29. The van der Waals surface area contributed by atoms with Gasteiger partial charge in [-0.2, -0.15) is 0 Å². The molecule has 0 radical (unpaired) electrons. The number of aliphatic hydroxyl groups is 2. The van der Waals surface area contributed by atoms with Gasteiger partial charge in [0.25, 0.3) is 0 Å². The van der Waals surface area contributed by atoms with Gasteiger partial charge in [-0.15, -0.1) is 0 Å². The van der Waals surface area contributed by atoms with Crippen molar-refractivity contribution in [2.45, 2.75) is 135 Å². The zero-order valence-electron chi connectivity index (χ0n) is 29.9. The summed E-state index contributed by atoms with van der Waals surface area (Å²) in [5.41, 5.74) is 0. The summed E-state index contributed by atoms with van der Waals surface area (Å²) < 4.78 is 26.1. The second-order valence-corrected chi connectivity index (χ2v) is 13.6.